The van der Waals surface area contributed by atoms with Crippen LogP contribution in [-0.2, 0) is 7.05 Å². The molecule has 3 aromatic carbocycles. The van der Waals surface area contributed by atoms with Gasteiger partial charge in [0.25, 0.3) is 5.91 Å². The van der Waals surface area contributed by atoms with Gasteiger partial charge in [0.15, 0.2) is 0 Å². The molecule has 4 N–H and O–H groups in total. The number of rotatable bonds is 7. The highest BCUT2D eigenvalue weighted by Crippen LogP contribution is 2.30. The zero-order chi connectivity index (χ0) is 26.6. The molecule has 9 heteroatoms. The number of amides is 1. The molecule has 5 rings (SSSR count). The Kier molecular flexibility index (Phi) is 7.53. The van der Waals surface area contributed by atoms with Gasteiger partial charge in [0, 0.05) is 54.3 Å². The lowest BCUT2D eigenvalue weighted by Crippen LogP contribution is -2.35. The standard InChI is InChI=1S/C29H31ClN6O2/c1-19-26(18-31-35(19)2)29(38)34-23-9-12-28(27(30)17-23)33-22-5-3-20(4-6-22)32-21-7-10-24(11-8-21)36-15-13-25(37)14-16-36/h3-12,17-18,25,32-33,37H,13-16H2,1-2H3,(H,34,38). The van der Waals surface area contributed by atoms with Crippen LogP contribution in [0.2, 0.25) is 5.02 Å². The summed E-state index contributed by atoms with van der Waals surface area (Å²) < 4.78 is 1.66. The van der Waals surface area contributed by atoms with Crippen molar-refractivity contribution >= 4 is 51.6 Å². The van der Waals surface area contributed by atoms with E-state index in [9.17, 15) is 9.90 Å². The molecule has 2 heterocycles. The highest BCUT2D eigenvalue weighted by Gasteiger charge is 2.17. The number of carbonyl (C=O) groups is 1. The van der Waals surface area contributed by atoms with E-state index in [1.807, 2.05) is 43.3 Å². The van der Waals surface area contributed by atoms with Gasteiger partial charge in [0.1, 0.15) is 0 Å². The molecular weight excluding hydrogens is 500 g/mol. The first-order valence-corrected chi connectivity index (χ1v) is 13.0. The molecule has 0 saturated carbocycles. The Morgan fingerprint density at radius 1 is 0.921 bits per heavy atom. The summed E-state index contributed by atoms with van der Waals surface area (Å²) in [6, 6.07) is 21.7. The molecule has 1 aliphatic rings. The van der Waals surface area contributed by atoms with Crippen LogP contribution in [0, 0.1) is 6.92 Å². The fourth-order valence-corrected chi connectivity index (χ4v) is 4.68. The number of anilines is 6. The van der Waals surface area contributed by atoms with E-state index < -0.39 is 0 Å². The van der Waals surface area contributed by atoms with Crippen LogP contribution in [0.4, 0.5) is 34.1 Å². The third kappa shape index (κ3) is 5.93. The molecule has 0 aliphatic carbocycles. The Balaban J connectivity index is 1.17. The minimum Gasteiger partial charge on any atom is -0.393 e. The molecule has 1 aliphatic heterocycles. The van der Waals surface area contributed by atoms with Crippen molar-refractivity contribution in [3.8, 4) is 0 Å². The van der Waals surface area contributed by atoms with Crippen molar-refractivity contribution in [1.82, 2.24) is 9.78 Å². The summed E-state index contributed by atoms with van der Waals surface area (Å²) in [6.07, 6.45) is 3.02. The van der Waals surface area contributed by atoms with Crippen LogP contribution in [-0.4, -0.2) is 40.0 Å². The number of carbonyl (C=O) groups excluding carboxylic acids is 1. The molecule has 0 unspecified atom stereocenters. The molecule has 0 radical (unpaired) electrons. The van der Waals surface area contributed by atoms with Crippen molar-refractivity contribution in [1.29, 1.82) is 0 Å². The summed E-state index contributed by atoms with van der Waals surface area (Å²) in [5, 5.41) is 24.0. The van der Waals surface area contributed by atoms with E-state index in [0.29, 0.717) is 16.3 Å². The number of aliphatic hydroxyl groups is 1. The van der Waals surface area contributed by atoms with E-state index in [2.05, 4.69) is 50.2 Å². The van der Waals surface area contributed by atoms with Crippen molar-refractivity contribution in [3.05, 3.63) is 89.2 Å². The lowest BCUT2D eigenvalue weighted by atomic mass is 10.1. The molecule has 4 aromatic rings. The van der Waals surface area contributed by atoms with E-state index in [1.165, 1.54) is 5.69 Å². The monoisotopic (exact) mass is 530 g/mol. The highest BCUT2D eigenvalue weighted by molar-refractivity contribution is 6.33. The molecular formula is C29H31ClN6O2. The van der Waals surface area contributed by atoms with Crippen LogP contribution >= 0.6 is 11.6 Å². The predicted molar refractivity (Wildman–Crippen MR) is 154 cm³/mol. The van der Waals surface area contributed by atoms with Crippen molar-refractivity contribution in [3.63, 3.8) is 0 Å². The van der Waals surface area contributed by atoms with E-state index in [0.717, 1.165) is 54.4 Å². The SMILES string of the molecule is Cc1c(C(=O)Nc2ccc(Nc3ccc(Nc4ccc(N5CCC(O)CC5)cc4)cc3)c(Cl)c2)cnn1C. The number of aromatic nitrogens is 2. The molecule has 196 valence electrons. The van der Waals surface area contributed by atoms with Crippen LogP contribution in [0.15, 0.2) is 72.9 Å². The number of piperidine rings is 1. The Bertz CT molecular complexity index is 1410. The summed E-state index contributed by atoms with van der Waals surface area (Å²) in [6.45, 7) is 3.62. The molecule has 1 saturated heterocycles. The predicted octanol–water partition coefficient (Wildman–Crippen LogP) is 6.08. The molecule has 0 bridgehead atoms. The van der Waals surface area contributed by atoms with E-state index >= 15 is 0 Å². The summed E-state index contributed by atoms with van der Waals surface area (Å²) in [5.74, 6) is -0.226. The lowest BCUT2D eigenvalue weighted by molar-refractivity contribution is 0.102. The van der Waals surface area contributed by atoms with Crippen LogP contribution < -0.4 is 20.9 Å². The van der Waals surface area contributed by atoms with Crippen molar-refractivity contribution in [2.45, 2.75) is 25.9 Å². The van der Waals surface area contributed by atoms with Gasteiger partial charge < -0.3 is 26.0 Å². The largest absolute Gasteiger partial charge is 0.393 e. The quantitative estimate of drug-likeness (QED) is 0.231. The molecule has 0 atom stereocenters. The minimum absolute atomic E-state index is 0.171. The third-order valence-electron chi connectivity index (χ3n) is 6.86. The van der Waals surface area contributed by atoms with Gasteiger partial charge in [-0.1, -0.05) is 11.6 Å². The number of hydrogen-bond acceptors (Lipinski definition) is 6. The van der Waals surface area contributed by atoms with Gasteiger partial charge in [-0.15, -0.1) is 0 Å². The van der Waals surface area contributed by atoms with Gasteiger partial charge in [-0.2, -0.15) is 5.10 Å². The summed E-state index contributed by atoms with van der Waals surface area (Å²) >= 11 is 6.50. The zero-order valence-electron chi connectivity index (χ0n) is 21.4. The van der Waals surface area contributed by atoms with Crippen molar-refractivity contribution < 1.29 is 9.90 Å². The van der Waals surface area contributed by atoms with Gasteiger partial charge in [-0.3, -0.25) is 9.48 Å². The molecule has 1 fully saturated rings. The van der Waals surface area contributed by atoms with Crippen molar-refractivity contribution in [2.75, 3.05) is 33.9 Å². The second kappa shape index (κ2) is 11.2. The van der Waals surface area contributed by atoms with Gasteiger partial charge >= 0.3 is 0 Å². The van der Waals surface area contributed by atoms with Crippen LogP contribution in [0.25, 0.3) is 0 Å². The Morgan fingerprint density at radius 3 is 2.08 bits per heavy atom. The topological polar surface area (TPSA) is 94.5 Å². The molecule has 38 heavy (non-hydrogen) atoms. The maximum absolute atomic E-state index is 12.6. The zero-order valence-corrected chi connectivity index (χ0v) is 22.2. The number of hydrogen-bond donors (Lipinski definition) is 4. The first kappa shape index (κ1) is 25.6. The number of nitrogens with one attached hydrogen (secondary N) is 3. The molecule has 0 spiro atoms. The molecule has 8 nitrogen and oxygen atoms in total. The summed E-state index contributed by atoms with van der Waals surface area (Å²) in [4.78, 5) is 14.9. The fourth-order valence-electron chi connectivity index (χ4n) is 4.45. The number of nitrogens with zero attached hydrogens (tertiary/aromatic N) is 3. The van der Waals surface area contributed by atoms with E-state index in [4.69, 9.17) is 11.6 Å². The molecule has 1 aromatic heterocycles. The summed E-state index contributed by atoms with van der Waals surface area (Å²) in [5.41, 5.74) is 6.72. The Morgan fingerprint density at radius 2 is 1.50 bits per heavy atom. The minimum atomic E-state index is -0.226. The second-order valence-corrected chi connectivity index (χ2v) is 9.92. The number of aliphatic hydroxyl groups excluding tert-OH is 1. The fraction of sp³-hybridized carbons (Fsp3) is 0.241. The van der Waals surface area contributed by atoms with Crippen molar-refractivity contribution in [2.24, 2.45) is 7.05 Å². The smallest absolute Gasteiger partial charge is 0.259 e. The van der Waals surface area contributed by atoms with Gasteiger partial charge in [-0.25, -0.2) is 0 Å². The number of benzene rings is 3. The number of halogens is 1. The second-order valence-electron chi connectivity index (χ2n) is 9.51. The van der Waals surface area contributed by atoms with Gasteiger partial charge in [0.2, 0.25) is 0 Å². The van der Waals surface area contributed by atoms with Gasteiger partial charge in [0.05, 0.1) is 28.6 Å². The highest BCUT2D eigenvalue weighted by atomic mass is 35.5. The maximum atomic E-state index is 12.6. The van der Waals surface area contributed by atoms with E-state index in [-0.39, 0.29) is 12.0 Å². The maximum Gasteiger partial charge on any atom is 0.259 e. The van der Waals surface area contributed by atoms with Crippen LogP contribution in [0.3, 0.4) is 0 Å². The average molecular weight is 531 g/mol. The normalized spacial score (nSPS) is 13.8. The van der Waals surface area contributed by atoms with Crippen LogP contribution in [0.1, 0.15) is 28.9 Å². The average Bonchev–Trinajstić information content (AvgIpc) is 3.25. The third-order valence-corrected chi connectivity index (χ3v) is 7.17. The number of aryl methyl sites for hydroxylation is 1. The van der Waals surface area contributed by atoms with Crippen LogP contribution in [0.5, 0.6) is 0 Å². The lowest BCUT2D eigenvalue weighted by Gasteiger charge is -2.31. The summed E-state index contributed by atoms with van der Waals surface area (Å²) in [7, 11) is 1.80. The first-order chi connectivity index (χ1) is 18.4. The Labute approximate surface area is 227 Å². The Hall–Kier alpha value is -4.01. The molecule has 1 amide bonds. The first-order valence-electron chi connectivity index (χ1n) is 12.6. The van der Waals surface area contributed by atoms with Gasteiger partial charge in [-0.05, 0) is 86.5 Å². The van der Waals surface area contributed by atoms with E-state index in [1.54, 1.807) is 24.0 Å².